The van der Waals surface area contributed by atoms with E-state index in [0.717, 1.165) is 11.3 Å². The zero-order valence-electron chi connectivity index (χ0n) is 10.4. The van der Waals surface area contributed by atoms with Crippen molar-refractivity contribution in [1.82, 2.24) is 4.72 Å². The molecule has 0 atom stereocenters. The van der Waals surface area contributed by atoms with E-state index < -0.39 is 10.0 Å². The molecule has 1 aromatic carbocycles. The molecule has 0 saturated carbocycles. The zero-order valence-corrected chi connectivity index (χ0v) is 14.4. The van der Waals surface area contributed by atoms with Crippen molar-refractivity contribution in [3.05, 3.63) is 44.7 Å². The molecule has 108 valence electrons. The van der Waals surface area contributed by atoms with Crippen molar-refractivity contribution >= 4 is 48.9 Å². The van der Waals surface area contributed by atoms with Crippen LogP contribution in [0.3, 0.4) is 0 Å². The number of halogens is 2. The normalized spacial score (nSPS) is 11.6. The molecule has 8 heteroatoms. The number of thiophene rings is 1. The van der Waals surface area contributed by atoms with Crippen LogP contribution >= 0.6 is 38.9 Å². The van der Waals surface area contributed by atoms with Crippen LogP contribution in [0.2, 0.25) is 5.02 Å². The van der Waals surface area contributed by atoms with Crippen LogP contribution in [0.4, 0.5) is 0 Å². The van der Waals surface area contributed by atoms with Crippen LogP contribution in [-0.2, 0) is 16.6 Å². The summed E-state index contributed by atoms with van der Waals surface area (Å²) in [6, 6.07) is 6.86. The summed E-state index contributed by atoms with van der Waals surface area (Å²) in [7, 11) is -2.07. The summed E-state index contributed by atoms with van der Waals surface area (Å²) in [4.78, 5) is 0. The number of sulfonamides is 1. The molecule has 4 nitrogen and oxygen atoms in total. The molecule has 1 N–H and O–H groups in total. The van der Waals surface area contributed by atoms with Gasteiger partial charge in [0.05, 0.1) is 7.11 Å². The molecule has 0 spiro atoms. The third kappa shape index (κ3) is 3.35. The summed E-state index contributed by atoms with van der Waals surface area (Å²) in [6.07, 6.45) is 0. The van der Waals surface area contributed by atoms with Gasteiger partial charge in [-0.2, -0.15) is 0 Å². The van der Waals surface area contributed by atoms with Gasteiger partial charge in [-0.3, -0.25) is 0 Å². The van der Waals surface area contributed by atoms with Crippen molar-refractivity contribution in [2.75, 3.05) is 7.11 Å². The Morgan fingerprint density at radius 3 is 2.75 bits per heavy atom. The first-order chi connectivity index (χ1) is 9.45. The molecule has 0 amide bonds. The zero-order chi connectivity index (χ0) is 14.8. The summed E-state index contributed by atoms with van der Waals surface area (Å²) in [6.45, 7) is 0.0650. The Labute approximate surface area is 134 Å². The van der Waals surface area contributed by atoms with E-state index in [-0.39, 0.29) is 10.8 Å². The highest BCUT2D eigenvalue weighted by atomic mass is 79.9. The molecule has 1 aromatic heterocycles. The highest BCUT2D eigenvalue weighted by Gasteiger charge is 2.20. The Bertz CT molecular complexity index is 715. The second-order valence-electron chi connectivity index (χ2n) is 3.80. The Morgan fingerprint density at radius 1 is 1.40 bits per heavy atom. The van der Waals surface area contributed by atoms with Crippen molar-refractivity contribution in [3.63, 3.8) is 0 Å². The summed E-state index contributed by atoms with van der Waals surface area (Å²) in [5.41, 5.74) is 0.605. The summed E-state index contributed by atoms with van der Waals surface area (Å²) in [5.74, 6) is 0.547. The van der Waals surface area contributed by atoms with Gasteiger partial charge in [-0.15, -0.1) is 11.3 Å². The van der Waals surface area contributed by atoms with E-state index in [9.17, 15) is 8.42 Å². The first-order valence-electron chi connectivity index (χ1n) is 5.49. The third-order valence-corrected chi connectivity index (χ3v) is 6.99. The van der Waals surface area contributed by atoms with Crippen LogP contribution < -0.4 is 9.46 Å². The number of hydrogen-bond acceptors (Lipinski definition) is 4. The van der Waals surface area contributed by atoms with E-state index in [0.29, 0.717) is 20.8 Å². The molecule has 0 aliphatic heterocycles. The van der Waals surface area contributed by atoms with Gasteiger partial charge in [0.2, 0.25) is 0 Å². The summed E-state index contributed by atoms with van der Waals surface area (Å²) in [5, 5.41) is 2.16. The van der Waals surface area contributed by atoms with Gasteiger partial charge in [0, 0.05) is 21.6 Å². The molecule has 2 rings (SSSR count). The third-order valence-electron chi connectivity index (χ3n) is 2.56. The largest absolute Gasteiger partial charge is 0.496 e. The molecule has 2 aromatic rings. The van der Waals surface area contributed by atoms with Gasteiger partial charge >= 0.3 is 0 Å². The van der Waals surface area contributed by atoms with Gasteiger partial charge in [-0.1, -0.05) is 17.7 Å². The topological polar surface area (TPSA) is 55.4 Å². The lowest BCUT2D eigenvalue weighted by Gasteiger charge is -2.11. The molecule has 0 aliphatic carbocycles. The highest BCUT2D eigenvalue weighted by Crippen LogP contribution is 2.29. The lowest BCUT2D eigenvalue weighted by atomic mass is 10.2. The minimum atomic E-state index is -3.58. The lowest BCUT2D eigenvalue weighted by molar-refractivity contribution is 0.409. The average Bonchev–Trinajstić information content (AvgIpc) is 2.84. The monoisotopic (exact) mass is 395 g/mol. The number of ether oxygens (including phenoxy) is 1. The predicted octanol–water partition coefficient (Wildman–Crippen LogP) is 3.65. The number of methoxy groups -OCH3 is 1. The maximum atomic E-state index is 12.2. The fraction of sp³-hybridized carbons (Fsp3) is 0.167. The molecule has 0 aliphatic rings. The van der Waals surface area contributed by atoms with E-state index in [1.807, 2.05) is 0 Å². The van der Waals surface area contributed by atoms with Crippen LogP contribution in [0.15, 0.2) is 38.3 Å². The van der Waals surface area contributed by atoms with Crippen LogP contribution in [0.5, 0.6) is 5.75 Å². The molecule has 0 unspecified atom stereocenters. The lowest BCUT2D eigenvalue weighted by Crippen LogP contribution is -2.23. The first-order valence-corrected chi connectivity index (χ1v) is 9.03. The Morgan fingerprint density at radius 2 is 2.15 bits per heavy atom. The maximum Gasteiger partial charge on any atom is 0.251 e. The first kappa shape index (κ1) is 15.8. The van der Waals surface area contributed by atoms with E-state index in [2.05, 4.69) is 20.7 Å². The maximum absolute atomic E-state index is 12.2. The van der Waals surface area contributed by atoms with Crippen LogP contribution in [-0.4, -0.2) is 15.5 Å². The van der Waals surface area contributed by atoms with Crippen molar-refractivity contribution in [1.29, 1.82) is 0 Å². The van der Waals surface area contributed by atoms with E-state index in [1.165, 1.54) is 7.11 Å². The fourth-order valence-electron chi connectivity index (χ4n) is 1.61. The molecule has 20 heavy (non-hydrogen) atoms. The molecule has 0 radical (unpaired) electrons. The number of hydrogen-bond donors (Lipinski definition) is 1. The van der Waals surface area contributed by atoms with Gasteiger partial charge in [0.1, 0.15) is 9.96 Å². The molecule has 1 heterocycles. The van der Waals surface area contributed by atoms with Gasteiger partial charge in [0.25, 0.3) is 10.0 Å². The Balaban J connectivity index is 2.23. The van der Waals surface area contributed by atoms with Crippen molar-refractivity contribution in [2.45, 2.75) is 10.8 Å². The number of benzene rings is 1. The van der Waals surface area contributed by atoms with E-state index in [4.69, 9.17) is 16.3 Å². The molecular formula is C12H11BrClNO3S2. The minimum absolute atomic E-state index is 0.0650. The van der Waals surface area contributed by atoms with Crippen molar-refractivity contribution in [2.24, 2.45) is 0 Å². The second-order valence-corrected chi connectivity index (χ2v) is 7.94. The van der Waals surface area contributed by atoms with Gasteiger partial charge < -0.3 is 4.74 Å². The fourth-order valence-corrected chi connectivity index (χ4v) is 5.21. The van der Waals surface area contributed by atoms with E-state index >= 15 is 0 Å². The molecule has 0 saturated heterocycles. The smallest absolute Gasteiger partial charge is 0.251 e. The molecule has 0 fully saturated rings. The predicted molar refractivity (Wildman–Crippen MR) is 84.0 cm³/mol. The van der Waals surface area contributed by atoms with Crippen LogP contribution in [0.25, 0.3) is 0 Å². The number of nitrogens with one attached hydrogen (secondary N) is 1. The van der Waals surface area contributed by atoms with Gasteiger partial charge in [0.15, 0.2) is 0 Å². The summed E-state index contributed by atoms with van der Waals surface area (Å²) < 4.78 is 32.9. The van der Waals surface area contributed by atoms with E-state index in [1.54, 1.807) is 29.6 Å². The second kappa shape index (κ2) is 6.44. The SMILES string of the molecule is COc1cccc(Cl)c1CNS(=O)(=O)c1sccc1Br. The van der Waals surface area contributed by atoms with Crippen LogP contribution in [0, 0.1) is 0 Å². The quantitative estimate of drug-likeness (QED) is 0.839. The average molecular weight is 397 g/mol. The Kier molecular flexibility index (Phi) is 5.09. The number of rotatable bonds is 5. The molecule has 0 bridgehead atoms. The molecular weight excluding hydrogens is 386 g/mol. The Hall–Kier alpha value is -0.600. The van der Waals surface area contributed by atoms with Crippen LogP contribution in [0.1, 0.15) is 5.56 Å². The van der Waals surface area contributed by atoms with Crippen molar-refractivity contribution in [3.8, 4) is 5.75 Å². The minimum Gasteiger partial charge on any atom is -0.496 e. The van der Waals surface area contributed by atoms with Gasteiger partial charge in [-0.05, 0) is 39.5 Å². The highest BCUT2D eigenvalue weighted by molar-refractivity contribution is 9.10. The van der Waals surface area contributed by atoms with Crippen molar-refractivity contribution < 1.29 is 13.2 Å². The van der Waals surface area contributed by atoms with Gasteiger partial charge in [-0.25, -0.2) is 13.1 Å². The standard InChI is InChI=1S/C12H11BrClNO3S2/c1-18-11-4-2-3-10(14)8(11)7-15-20(16,17)12-9(13)5-6-19-12/h2-6,15H,7H2,1H3. The summed E-state index contributed by atoms with van der Waals surface area (Å²) >= 11 is 10.4.